The first-order valence-electron chi connectivity index (χ1n) is 23.1. The van der Waals surface area contributed by atoms with E-state index in [0.29, 0.717) is 43.1 Å². The van der Waals surface area contributed by atoms with E-state index in [1.54, 1.807) is 36.5 Å². The molecule has 4 atom stereocenters. The fourth-order valence-corrected chi connectivity index (χ4v) is 5.98. The van der Waals surface area contributed by atoms with Gasteiger partial charge in [-0.05, 0) is 83.5 Å². The Hall–Kier alpha value is -3.93. The van der Waals surface area contributed by atoms with Crippen LogP contribution in [0.25, 0.3) is 0 Å². The number of esters is 2. The molecule has 0 aliphatic heterocycles. The van der Waals surface area contributed by atoms with E-state index < -0.39 is 44.7 Å². The number of quaternary nitrogens is 1. The summed E-state index contributed by atoms with van der Waals surface area (Å²) >= 11 is 0. The summed E-state index contributed by atoms with van der Waals surface area (Å²) in [6.07, 6.45) is 52.9. The molecule has 360 valence electrons. The fraction of sp³-hybridized carbons (Fsp3) is 0.538. The van der Waals surface area contributed by atoms with E-state index in [-0.39, 0.29) is 26.1 Å². The molecule has 0 bridgehead atoms. The largest absolute Gasteiger partial charge is 0.472 e. The minimum absolute atomic E-state index is 0.0133. The molecule has 64 heavy (non-hydrogen) atoms. The maximum absolute atomic E-state index is 12.7. The SMILES string of the molecule is CC/C=C\C/C=C\C/C=C\C/C=C\C/C=C\CCCCCC(=O)O[C@H](COC(=O)CC/C=C\C/C=C\C[C@H](O)/C=C/C=C\C=C\[C@H](O)C/C=C\CC)COP(=O)(O)OCC[N+](C)(C)C. The van der Waals surface area contributed by atoms with Gasteiger partial charge >= 0.3 is 19.8 Å². The molecule has 0 aromatic rings. The minimum atomic E-state index is -4.44. The average molecular weight is 913 g/mol. The summed E-state index contributed by atoms with van der Waals surface area (Å²) in [5.41, 5.74) is 0. The van der Waals surface area contributed by atoms with Crippen LogP contribution in [-0.4, -0.2) is 97.3 Å². The van der Waals surface area contributed by atoms with Gasteiger partial charge in [-0.3, -0.25) is 18.6 Å². The van der Waals surface area contributed by atoms with Crippen molar-refractivity contribution < 1.29 is 52.3 Å². The molecule has 0 aliphatic rings. The first kappa shape index (κ1) is 60.1. The number of ether oxygens (including phenoxy) is 2. The van der Waals surface area contributed by atoms with Gasteiger partial charge in [-0.2, -0.15) is 0 Å². The molecule has 0 radical (unpaired) electrons. The smallest absolute Gasteiger partial charge is 0.462 e. The number of carbonyl (C=O) groups excluding carboxylic acids is 2. The van der Waals surface area contributed by atoms with Crippen LogP contribution in [0.1, 0.15) is 117 Å². The van der Waals surface area contributed by atoms with Crippen LogP contribution in [0, 0.1) is 0 Å². The van der Waals surface area contributed by atoms with Crippen molar-refractivity contribution in [2.24, 2.45) is 0 Å². The molecule has 0 rings (SSSR count). The molecule has 1 unspecified atom stereocenters. The van der Waals surface area contributed by atoms with E-state index >= 15 is 0 Å². The molecular formula is C52H83NO10P+. The second-order valence-corrected chi connectivity index (χ2v) is 17.5. The Morgan fingerprint density at radius 1 is 0.562 bits per heavy atom. The van der Waals surface area contributed by atoms with Crippen LogP contribution < -0.4 is 0 Å². The first-order valence-corrected chi connectivity index (χ1v) is 24.6. The zero-order valence-electron chi connectivity index (χ0n) is 39.7. The standard InChI is InChI=1S/C52H82NO10P/c1-6-8-10-11-12-13-14-15-16-17-18-19-20-21-22-23-24-29-37-43-52(57)63-50(47-62-64(58,59)61-45-44-53(3,4)5)46-60-51(56)42-36-28-26-25-27-33-39-49(55)41-35-31-30-34-40-48(54)38-32-9-7-2/h8-10,12-13,15-16,18-19,21-22,26-28,30-35,40-41,48-50,54-55H,6-7,11,14,17,20,23-25,29,36-39,42-47H2,1-5H3/p+1/b10-8-,13-12-,16-15-,19-18-,22-21-,28-26-,31-30-,32-9-,33-27-,40-34+,41-35+/t48-,49+,50-/m1/s1. The van der Waals surface area contributed by atoms with Gasteiger partial charge in [-0.1, -0.05) is 154 Å². The lowest BCUT2D eigenvalue weighted by Gasteiger charge is -2.24. The monoisotopic (exact) mass is 913 g/mol. The van der Waals surface area contributed by atoms with Crippen molar-refractivity contribution in [1.82, 2.24) is 0 Å². The van der Waals surface area contributed by atoms with Gasteiger partial charge in [-0.25, -0.2) is 4.57 Å². The van der Waals surface area contributed by atoms with E-state index in [1.807, 2.05) is 64.5 Å². The topological polar surface area (TPSA) is 149 Å². The second-order valence-electron chi connectivity index (χ2n) is 16.1. The van der Waals surface area contributed by atoms with Crippen molar-refractivity contribution >= 4 is 19.8 Å². The number of nitrogens with zero attached hydrogens (tertiary/aromatic N) is 1. The van der Waals surface area contributed by atoms with Crippen LogP contribution in [0.3, 0.4) is 0 Å². The Balaban J connectivity index is 4.65. The van der Waals surface area contributed by atoms with Crippen LogP contribution in [0.2, 0.25) is 0 Å². The van der Waals surface area contributed by atoms with Crippen molar-refractivity contribution in [3.05, 3.63) is 134 Å². The van der Waals surface area contributed by atoms with Gasteiger partial charge in [0.05, 0.1) is 40.0 Å². The molecule has 0 aromatic carbocycles. The van der Waals surface area contributed by atoms with Crippen molar-refractivity contribution in [3.8, 4) is 0 Å². The molecule has 3 N–H and O–H groups in total. The van der Waals surface area contributed by atoms with Crippen LogP contribution in [-0.2, 0) is 32.7 Å². The number of phosphoric ester groups is 1. The molecule has 12 heteroatoms. The lowest BCUT2D eigenvalue weighted by Crippen LogP contribution is -2.37. The van der Waals surface area contributed by atoms with Gasteiger partial charge in [0.2, 0.25) is 0 Å². The zero-order chi connectivity index (χ0) is 47.4. The van der Waals surface area contributed by atoms with Crippen molar-refractivity contribution in [1.29, 1.82) is 0 Å². The fourth-order valence-electron chi connectivity index (χ4n) is 5.24. The quantitative estimate of drug-likeness (QED) is 0.0136. The molecule has 0 heterocycles. The Morgan fingerprint density at radius 2 is 1.05 bits per heavy atom. The molecule has 0 spiro atoms. The van der Waals surface area contributed by atoms with Crippen LogP contribution in [0.5, 0.6) is 0 Å². The number of rotatable bonds is 39. The van der Waals surface area contributed by atoms with E-state index in [4.69, 9.17) is 18.5 Å². The number of allylic oxidation sites excluding steroid dienone is 18. The van der Waals surface area contributed by atoms with Gasteiger partial charge in [-0.15, -0.1) is 0 Å². The molecule has 0 saturated heterocycles. The number of phosphoric acid groups is 1. The highest BCUT2D eigenvalue weighted by Crippen LogP contribution is 2.43. The van der Waals surface area contributed by atoms with E-state index in [0.717, 1.165) is 57.8 Å². The normalized spacial score (nSPS) is 15.7. The molecular weight excluding hydrogens is 830 g/mol. The third kappa shape index (κ3) is 44.7. The summed E-state index contributed by atoms with van der Waals surface area (Å²) in [7, 11) is 1.32. The summed E-state index contributed by atoms with van der Waals surface area (Å²) in [6, 6.07) is 0. The van der Waals surface area contributed by atoms with E-state index in [2.05, 4.69) is 67.7 Å². The van der Waals surface area contributed by atoms with Crippen LogP contribution in [0.4, 0.5) is 0 Å². The van der Waals surface area contributed by atoms with E-state index in [1.165, 1.54) is 0 Å². The molecule has 11 nitrogen and oxygen atoms in total. The minimum Gasteiger partial charge on any atom is -0.462 e. The molecule has 0 fully saturated rings. The Bertz CT molecular complexity index is 1580. The van der Waals surface area contributed by atoms with Gasteiger partial charge in [0.1, 0.15) is 19.8 Å². The summed E-state index contributed by atoms with van der Waals surface area (Å²) in [5, 5.41) is 20.0. The summed E-state index contributed by atoms with van der Waals surface area (Å²) in [6.45, 7) is 3.83. The maximum Gasteiger partial charge on any atom is 0.472 e. The molecule has 0 amide bonds. The van der Waals surface area contributed by atoms with E-state index in [9.17, 15) is 29.3 Å². The number of aliphatic hydroxyl groups excluding tert-OH is 2. The third-order valence-corrected chi connectivity index (χ3v) is 9.84. The zero-order valence-corrected chi connectivity index (χ0v) is 40.6. The molecule has 0 aromatic heterocycles. The number of aliphatic hydroxyl groups is 2. The lowest BCUT2D eigenvalue weighted by molar-refractivity contribution is -0.870. The predicted octanol–water partition coefficient (Wildman–Crippen LogP) is 11.4. The summed E-state index contributed by atoms with van der Waals surface area (Å²) < 4.78 is 34.1. The highest BCUT2D eigenvalue weighted by atomic mass is 31.2. The number of carbonyl (C=O) groups is 2. The predicted molar refractivity (Wildman–Crippen MR) is 263 cm³/mol. The van der Waals surface area contributed by atoms with Crippen LogP contribution in [0.15, 0.2) is 134 Å². The van der Waals surface area contributed by atoms with Gasteiger partial charge in [0.25, 0.3) is 0 Å². The Morgan fingerprint density at radius 3 is 1.59 bits per heavy atom. The Kier molecular flexibility index (Phi) is 39.2. The number of hydrogen-bond acceptors (Lipinski definition) is 9. The lowest BCUT2D eigenvalue weighted by atomic mass is 10.1. The van der Waals surface area contributed by atoms with Gasteiger partial charge in [0, 0.05) is 12.8 Å². The second kappa shape index (κ2) is 41.8. The molecule has 0 saturated carbocycles. The maximum atomic E-state index is 12.7. The number of hydrogen-bond donors (Lipinski definition) is 3. The number of unbranched alkanes of at least 4 members (excludes halogenated alkanes) is 3. The number of likely N-dealkylation sites (N-methyl/N-ethyl adjacent to an activating group) is 1. The van der Waals surface area contributed by atoms with Crippen molar-refractivity contribution in [2.75, 3.05) is 47.5 Å². The average Bonchev–Trinajstić information content (AvgIpc) is 3.24. The Labute approximate surface area is 386 Å². The van der Waals surface area contributed by atoms with Crippen molar-refractivity contribution in [2.45, 2.75) is 135 Å². The van der Waals surface area contributed by atoms with Crippen molar-refractivity contribution in [3.63, 3.8) is 0 Å². The van der Waals surface area contributed by atoms with Gasteiger partial charge in [0.15, 0.2) is 6.10 Å². The summed E-state index contributed by atoms with van der Waals surface area (Å²) in [4.78, 5) is 35.4. The first-order chi connectivity index (χ1) is 30.8. The highest BCUT2D eigenvalue weighted by Gasteiger charge is 2.27. The third-order valence-electron chi connectivity index (χ3n) is 8.86. The van der Waals surface area contributed by atoms with Crippen LogP contribution >= 0.6 is 7.82 Å². The molecule has 0 aliphatic carbocycles. The summed E-state index contributed by atoms with van der Waals surface area (Å²) in [5.74, 6) is -1.02. The van der Waals surface area contributed by atoms with Gasteiger partial charge < -0.3 is 29.1 Å². The highest BCUT2D eigenvalue weighted by molar-refractivity contribution is 7.47.